The second-order valence-corrected chi connectivity index (χ2v) is 6.39. The minimum atomic E-state index is -0.461. The highest BCUT2D eigenvalue weighted by molar-refractivity contribution is 6.37. The van der Waals surface area contributed by atoms with Crippen LogP contribution in [0.3, 0.4) is 0 Å². The second-order valence-electron chi connectivity index (χ2n) is 6.39. The van der Waals surface area contributed by atoms with Gasteiger partial charge in [-0.25, -0.2) is 0 Å². The fourth-order valence-corrected chi connectivity index (χ4v) is 3.78. The fourth-order valence-electron chi connectivity index (χ4n) is 3.78. The smallest absolute Gasteiger partial charge is 0.248 e. The molecule has 0 spiro atoms. The Morgan fingerprint density at radius 1 is 0.880 bits per heavy atom. The van der Waals surface area contributed by atoms with Crippen molar-refractivity contribution in [1.82, 2.24) is 4.81 Å². The number of amides is 2. The summed E-state index contributed by atoms with van der Waals surface area (Å²) < 4.78 is 0. The summed E-state index contributed by atoms with van der Waals surface area (Å²) >= 11 is 0. The fraction of sp³-hybridized carbons (Fsp3) is 0.0476. The van der Waals surface area contributed by atoms with E-state index in [0.717, 1.165) is 22.9 Å². The Balaban J connectivity index is 1.82. The number of imide groups is 1. The maximum atomic E-state index is 12.4. The number of rotatable bonds is 1. The minimum Gasteiger partial charge on any atom is -0.332 e. The van der Waals surface area contributed by atoms with Crippen LogP contribution in [-0.4, -0.2) is 24.6 Å². The molecule has 4 heteroatoms. The normalized spacial score (nSPS) is 15.1. The van der Waals surface area contributed by atoms with Crippen molar-refractivity contribution in [2.24, 2.45) is 0 Å². The summed E-state index contributed by atoms with van der Waals surface area (Å²) in [5.74, 6) is -0.922. The summed E-state index contributed by atoms with van der Waals surface area (Å²) in [7, 11) is 5.65. The van der Waals surface area contributed by atoms with Crippen molar-refractivity contribution in [2.75, 3.05) is 0 Å². The molecule has 0 saturated heterocycles. The van der Waals surface area contributed by atoms with Crippen molar-refractivity contribution in [3.8, 4) is 11.1 Å². The van der Waals surface area contributed by atoms with Crippen molar-refractivity contribution in [3.05, 3.63) is 76.9 Å². The molecule has 2 radical (unpaired) electrons. The van der Waals surface area contributed by atoms with Crippen LogP contribution in [0.25, 0.3) is 28.0 Å². The van der Waals surface area contributed by atoms with Gasteiger partial charge in [0.2, 0.25) is 19.8 Å². The molecule has 0 atom stereocenters. The predicted octanol–water partition coefficient (Wildman–Crippen LogP) is 3.76. The zero-order chi connectivity index (χ0) is 17.1. The van der Waals surface area contributed by atoms with Crippen molar-refractivity contribution in [3.63, 3.8) is 0 Å². The molecule has 25 heavy (non-hydrogen) atoms. The molecule has 0 N–H and O–H groups in total. The van der Waals surface area contributed by atoms with E-state index in [1.807, 2.05) is 18.2 Å². The topological polar surface area (TPSA) is 37.4 Å². The van der Waals surface area contributed by atoms with Gasteiger partial charge >= 0.3 is 0 Å². The van der Waals surface area contributed by atoms with Gasteiger partial charge in [0.25, 0.3) is 0 Å². The van der Waals surface area contributed by atoms with Crippen LogP contribution in [-0.2, 0) is 6.42 Å². The molecule has 5 rings (SSSR count). The molecular weight excluding hydrogens is 309 g/mol. The van der Waals surface area contributed by atoms with E-state index in [1.54, 1.807) is 12.1 Å². The molecule has 1 heterocycles. The van der Waals surface area contributed by atoms with Crippen LogP contribution >= 0.6 is 0 Å². The van der Waals surface area contributed by atoms with E-state index in [2.05, 4.69) is 30.4 Å². The van der Waals surface area contributed by atoms with Gasteiger partial charge in [-0.2, -0.15) is 0 Å². The van der Waals surface area contributed by atoms with Crippen LogP contribution in [0.5, 0.6) is 0 Å². The number of hydrogen-bond donors (Lipinski definition) is 0. The van der Waals surface area contributed by atoms with Crippen LogP contribution in [0, 0.1) is 0 Å². The molecule has 3 aromatic rings. The summed E-state index contributed by atoms with van der Waals surface area (Å²) in [4.78, 5) is 25.5. The van der Waals surface area contributed by atoms with Gasteiger partial charge < -0.3 is 4.81 Å². The number of nitrogens with zero attached hydrogens (tertiary/aromatic N) is 1. The first kappa shape index (κ1) is 14.2. The summed E-state index contributed by atoms with van der Waals surface area (Å²) in [6.45, 7) is 0. The first-order valence-corrected chi connectivity index (χ1v) is 8.14. The molecule has 0 saturated carbocycles. The number of carbonyl (C=O) groups is 2. The van der Waals surface area contributed by atoms with Gasteiger partial charge in [-0.1, -0.05) is 42.5 Å². The number of benzene rings is 3. The minimum absolute atomic E-state index is 0.461. The van der Waals surface area contributed by atoms with Gasteiger partial charge in [-0.15, -0.1) is 0 Å². The molecule has 1 aliphatic carbocycles. The zero-order valence-electron chi connectivity index (χ0n) is 13.3. The van der Waals surface area contributed by atoms with Crippen LogP contribution < -0.4 is 0 Å². The highest BCUT2D eigenvalue weighted by atomic mass is 16.2. The van der Waals surface area contributed by atoms with E-state index < -0.39 is 11.8 Å². The number of hydrogen-bond acceptors (Lipinski definition) is 2. The van der Waals surface area contributed by atoms with Crippen LogP contribution in [0.4, 0.5) is 0 Å². The molecule has 0 unspecified atom stereocenters. The lowest BCUT2D eigenvalue weighted by Crippen LogP contribution is -2.38. The van der Waals surface area contributed by atoms with E-state index in [0.29, 0.717) is 21.3 Å². The lowest BCUT2D eigenvalue weighted by Gasteiger charge is -2.25. The standard InChI is InChI=1S/C21H12BNO2/c22-23-20(24)17-6-2-5-16-15(9-10-18(19(16)17)21(23)25)14-8-7-12-3-1-4-13(12)11-14/h1-2,4-11H,3H2. The molecule has 0 aromatic heterocycles. The third-order valence-electron chi connectivity index (χ3n) is 5.03. The van der Waals surface area contributed by atoms with Gasteiger partial charge in [0.1, 0.15) is 0 Å². The van der Waals surface area contributed by atoms with E-state index in [1.165, 1.54) is 11.1 Å². The lowest BCUT2D eigenvalue weighted by molar-refractivity contribution is 0.0727. The second kappa shape index (κ2) is 4.93. The quantitative estimate of drug-likeness (QED) is 0.505. The highest BCUT2D eigenvalue weighted by Gasteiger charge is 2.30. The average molecular weight is 321 g/mol. The Labute approximate surface area is 146 Å². The van der Waals surface area contributed by atoms with Crippen molar-refractivity contribution in [1.29, 1.82) is 0 Å². The van der Waals surface area contributed by atoms with E-state index in [4.69, 9.17) is 7.98 Å². The number of carbonyl (C=O) groups excluding carboxylic acids is 2. The Hall–Kier alpha value is -3.14. The Bertz CT molecular complexity index is 1110. The van der Waals surface area contributed by atoms with Gasteiger partial charge in [-0.05, 0) is 52.3 Å². The van der Waals surface area contributed by atoms with Gasteiger partial charge in [0.15, 0.2) is 0 Å². The predicted molar refractivity (Wildman–Crippen MR) is 98.4 cm³/mol. The van der Waals surface area contributed by atoms with Crippen LogP contribution in [0.1, 0.15) is 31.8 Å². The van der Waals surface area contributed by atoms with Crippen molar-refractivity contribution in [2.45, 2.75) is 6.42 Å². The van der Waals surface area contributed by atoms with Crippen molar-refractivity contribution < 1.29 is 9.59 Å². The van der Waals surface area contributed by atoms with E-state index >= 15 is 0 Å². The Kier molecular flexibility index (Phi) is 2.81. The molecule has 0 fully saturated rings. The third-order valence-corrected chi connectivity index (χ3v) is 5.03. The lowest BCUT2D eigenvalue weighted by atomic mass is 9.87. The summed E-state index contributed by atoms with van der Waals surface area (Å²) in [6.07, 6.45) is 5.25. The van der Waals surface area contributed by atoms with Gasteiger partial charge in [-0.3, -0.25) is 9.59 Å². The molecule has 2 amide bonds. The summed E-state index contributed by atoms with van der Waals surface area (Å²) in [5, 5.41) is 1.58. The van der Waals surface area contributed by atoms with Gasteiger partial charge in [0, 0.05) is 16.5 Å². The Morgan fingerprint density at radius 3 is 2.48 bits per heavy atom. The first-order valence-electron chi connectivity index (χ1n) is 8.14. The SMILES string of the molecule is [B]N1C(=O)c2cccc3c(-c4ccc5c(c4)C=CC5)ccc(c23)C1=O. The largest absolute Gasteiger partial charge is 0.332 e. The monoisotopic (exact) mass is 321 g/mol. The van der Waals surface area contributed by atoms with Crippen molar-refractivity contribution >= 4 is 36.6 Å². The molecule has 116 valence electrons. The molecule has 0 bridgehead atoms. The molecule has 3 nitrogen and oxygen atoms in total. The number of allylic oxidation sites excluding steroid dienone is 1. The molecule has 2 aliphatic rings. The van der Waals surface area contributed by atoms with E-state index in [-0.39, 0.29) is 0 Å². The molecular formula is C21H12BNO2. The van der Waals surface area contributed by atoms with Gasteiger partial charge in [0.05, 0.1) is 0 Å². The maximum Gasteiger partial charge on any atom is 0.248 e. The number of fused-ring (bicyclic) bond motifs is 1. The summed E-state index contributed by atoms with van der Waals surface area (Å²) in [6, 6.07) is 15.6. The van der Waals surface area contributed by atoms with Crippen LogP contribution in [0.2, 0.25) is 0 Å². The Morgan fingerprint density at radius 2 is 1.64 bits per heavy atom. The summed E-state index contributed by atoms with van der Waals surface area (Å²) in [5.41, 5.74) is 5.56. The third kappa shape index (κ3) is 1.88. The first-order chi connectivity index (χ1) is 12.1. The maximum absolute atomic E-state index is 12.4. The van der Waals surface area contributed by atoms with E-state index in [9.17, 15) is 9.59 Å². The highest BCUT2D eigenvalue weighted by Crippen LogP contribution is 2.37. The van der Waals surface area contributed by atoms with Crippen LogP contribution in [0.15, 0.2) is 54.6 Å². The molecule has 3 aromatic carbocycles. The average Bonchev–Trinajstić information content (AvgIpc) is 3.11. The molecule has 1 aliphatic heterocycles. The zero-order valence-corrected chi connectivity index (χ0v) is 13.3.